The molecule has 1 atom stereocenters. The van der Waals surface area contributed by atoms with Gasteiger partial charge in [-0.25, -0.2) is 0 Å². The molecule has 1 heterocycles. The van der Waals surface area contributed by atoms with Gasteiger partial charge >= 0.3 is 0 Å². The van der Waals surface area contributed by atoms with Gasteiger partial charge in [0, 0.05) is 36.4 Å². The van der Waals surface area contributed by atoms with E-state index >= 15 is 0 Å². The van der Waals surface area contributed by atoms with Crippen molar-refractivity contribution in [2.45, 2.75) is 19.0 Å². The molecule has 1 aromatic carbocycles. The summed E-state index contributed by atoms with van der Waals surface area (Å²) in [5.74, 6) is 0. The number of halogens is 1. The lowest BCUT2D eigenvalue weighted by atomic mass is 10.2. The molecular weight excluding hydrogens is 234 g/mol. The lowest BCUT2D eigenvalue weighted by molar-refractivity contribution is 0.265. The molecule has 2 rings (SSSR count). The van der Waals surface area contributed by atoms with E-state index in [9.17, 15) is 0 Å². The molecular formula is C13H20ClN3. The first-order valence-corrected chi connectivity index (χ1v) is 6.37. The summed E-state index contributed by atoms with van der Waals surface area (Å²) in [6.45, 7) is 3.14. The maximum absolute atomic E-state index is 6.18. The van der Waals surface area contributed by atoms with Gasteiger partial charge < -0.3 is 10.6 Å². The molecule has 0 unspecified atom stereocenters. The van der Waals surface area contributed by atoms with Crippen LogP contribution in [0.25, 0.3) is 0 Å². The molecule has 4 heteroatoms. The van der Waals surface area contributed by atoms with Gasteiger partial charge in [-0.15, -0.1) is 0 Å². The highest BCUT2D eigenvalue weighted by atomic mass is 35.5. The predicted molar refractivity (Wildman–Crippen MR) is 73.2 cm³/mol. The number of rotatable bonds is 3. The number of hydrogen-bond donors (Lipinski definition) is 1. The lowest BCUT2D eigenvalue weighted by Crippen LogP contribution is -2.31. The Morgan fingerprint density at radius 3 is 2.88 bits per heavy atom. The van der Waals surface area contributed by atoms with Crippen molar-refractivity contribution in [3.63, 3.8) is 0 Å². The average molecular weight is 254 g/mol. The summed E-state index contributed by atoms with van der Waals surface area (Å²) in [4.78, 5) is 4.73. The number of nitrogens with zero attached hydrogens (tertiary/aromatic N) is 2. The minimum absolute atomic E-state index is 0.662. The summed E-state index contributed by atoms with van der Waals surface area (Å²) in [5.41, 5.74) is 7.71. The first kappa shape index (κ1) is 12.7. The molecule has 1 aliphatic rings. The van der Waals surface area contributed by atoms with Crippen LogP contribution in [-0.4, -0.2) is 43.0 Å². The van der Waals surface area contributed by atoms with Gasteiger partial charge in [0.1, 0.15) is 0 Å². The summed E-state index contributed by atoms with van der Waals surface area (Å²) in [7, 11) is 4.28. The summed E-state index contributed by atoms with van der Waals surface area (Å²) in [6, 6.07) is 6.37. The average Bonchev–Trinajstić information content (AvgIpc) is 2.72. The van der Waals surface area contributed by atoms with Crippen LogP contribution in [0.1, 0.15) is 12.0 Å². The van der Waals surface area contributed by atoms with Gasteiger partial charge in [0.2, 0.25) is 0 Å². The second-order valence-electron chi connectivity index (χ2n) is 4.99. The van der Waals surface area contributed by atoms with Crippen molar-refractivity contribution >= 4 is 17.3 Å². The van der Waals surface area contributed by atoms with Crippen LogP contribution in [-0.2, 0) is 6.54 Å². The minimum atomic E-state index is 0.662. The third-order valence-electron chi connectivity index (χ3n) is 3.44. The molecule has 0 radical (unpaired) electrons. The first-order valence-electron chi connectivity index (χ1n) is 5.99. The molecule has 1 saturated heterocycles. The Labute approximate surface area is 108 Å². The molecule has 0 amide bonds. The van der Waals surface area contributed by atoms with E-state index in [1.54, 1.807) is 0 Å². The van der Waals surface area contributed by atoms with Gasteiger partial charge in [0.15, 0.2) is 0 Å². The van der Waals surface area contributed by atoms with Gasteiger partial charge in [-0.3, -0.25) is 4.90 Å². The molecule has 0 saturated carbocycles. The van der Waals surface area contributed by atoms with Gasteiger partial charge in [-0.1, -0.05) is 11.6 Å². The lowest BCUT2D eigenvalue weighted by Gasteiger charge is -2.20. The van der Waals surface area contributed by atoms with E-state index in [1.165, 1.54) is 6.42 Å². The normalized spacial score (nSPS) is 21.3. The van der Waals surface area contributed by atoms with Gasteiger partial charge in [0.25, 0.3) is 0 Å². The SMILES string of the molecule is CN(C)[C@H]1CCN(Cc2cc(N)ccc2Cl)C1. The molecule has 0 spiro atoms. The standard InChI is InChI=1S/C13H20ClN3/c1-16(2)12-5-6-17(9-12)8-10-7-11(15)3-4-13(10)14/h3-4,7,12H,5-6,8-9,15H2,1-2H3/t12-/m0/s1. The summed E-state index contributed by atoms with van der Waals surface area (Å²) < 4.78 is 0. The Morgan fingerprint density at radius 1 is 1.47 bits per heavy atom. The second kappa shape index (κ2) is 5.25. The number of hydrogen-bond acceptors (Lipinski definition) is 3. The van der Waals surface area contributed by atoms with Crippen molar-refractivity contribution in [3.05, 3.63) is 28.8 Å². The van der Waals surface area contributed by atoms with E-state index in [0.717, 1.165) is 35.9 Å². The van der Waals surface area contributed by atoms with Crippen LogP contribution < -0.4 is 5.73 Å². The van der Waals surface area contributed by atoms with Gasteiger partial charge in [0.05, 0.1) is 0 Å². The summed E-state index contributed by atoms with van der Waals surface area (Å²) in [6.07, 6.45) is 1.23. The first-order chi connectivity index (χ1) is 8.06. The Bertz CT molecular complexity index is 392. The molecule has 0 aromatic heterocycles. The maximum atomic E-state index is 6.18. The molecule has 1 fully saturated rings. The molecule has 94 valence electrons. The van der Waals surface area contributed by atoms with E-state index in [4.69, 9.17) is 17.3 Å². The number of likely N-dealkylation sites (N-methyl/N-ethyl adjacent to an activating group) is 1. The zero-order valence-electron chi connectivity index (χ0n) is 10.5. The van der Waals surface area contributed by atoms with Gasteiger partial charge in [-0.05, 0) is 44.3 Å². The van der Waals surface area contributed by atoms with Crippen LogP contribution >= 0.6 is 11.6 Å². The van der Waals surface area contributed by atoms with Crippen LogP contribution in [0.5, 0.6) is 0 Å². The molecule has 1 aromatic rings. The Morgan fingerprint density at radius 2 is 2.24 bits per heavy atom. The Kier molecular flexibility index (Phi) is 3.92. The fourth-order valence-corrected chi connectivity index (χ4v) is 2.51. The van der Waals surface area contributed by atoms with Crippen molar-refractivity contribution < 1.29 is 0 Å². The van der Waals surface area contributed by atoms with E-state index < -0.39 is 0 Å². The number of nitrogen functional groups attached to an aromatic ring is 1. The second-order valence-corrected chi connectivity index (χ2v) is 5.40. The van der Waals surface area contributed by atoms with Crippen LogP contribution in [0.15, 0.2) is 18.2 Å². The predicted octanol–water partition coefficient (Wildman–Crippen LogP) is 2.06. The molecule has 0 bridgehead atoms. The van der Waals surface area contributed by atoms with Crippen molar-refractivity contribution in [2.24, 2.45) is 0 Å². The van der Waals surface area contributed by atoms with Crippen LogP contribution in [0.3, 0.4) is 0 Å². The van der Waals surface area contributed by atoms with Crippen molar-refractivity contribution in [1.29, 1.82) is 0 Å². The monoisotopic (exact) mass is 253 g/mol. The highest BCUT2D eigenvalue weighted by Gasteiger charge is 2.24. The molecule has 17 heavy (non-hydrogen) atoms. The fourth-order valence-electron chi connectivity index (χ4n) is 2.33. The van der Waals surface area contributed by atoms with Crippen LogP contribution in [0.4, 0.5) is 5.69 Å². The van der Waals surface area contributed by atoms with E-state index in [0.29, 0.717) is 6.04 Å². The maximum Gasteiger partial charge on any atom is 0.0452 e. The van der Waals surface area contributed by atoms with E-state index in [-0.39, 0.29) is 0 Å². The van der Waals surface area contributed by atoms with Crippen molar-refractivity contribution in [3.8, 4) is 0 Å². The zero-order valence-corrected chi connectivity index (χ0v) is 11.2. The number of benzene rings is 1. The van der Waals surface area contributed by atoms with Crippen LogP contribution in [0.2, 0.25) is 5.02 Å². The molecule has 2 N–H and O–H groups in total. The smallest absolute Gasteiger partial charge is 0.0452 e. The topological polar surface area (TPSA) is 32.5 Å². The molecule has 3 nitrogen and oxygen atoms in total. The van der Waals surface area contributed by atoms with Crippen molar-refractivity contribution in [1.82, 2.24) is 9.80 Å². The Balaban J connectivity index is 2.00. The van der Waals surface area contributed by atoms with E-state index in [1.807, 2.05) is 18.2 Å². The quantitative estimate of drug-likeness (QED) is 0.837. The zero-order chi connectivity index (χ0) is 12.4. The highest BCUT2D eigenvalue weighted by molar-refractivity contribution is 6.31. The van der Waals surface area contributed by atoms with Crippen LogP contribution in [0, 0.1) is 0 Å². The number of anilines is 1. The summed E-state index contributed by atoms with van der Waals surface area (Å²) in [5, 5.41) is 0.813. The number of nitrogens with two attached hydrogens (primary N) is 1. The number of likely N-dealkylation sites (tertiary alicyclic amines) is 1. The third kappa shape index (κ3) is 3.12. The molecule has 1 aliphatic heterocycles. The van der Waals surface area contributed by atoms with Gasteiger partial charge in [-0.2, -0.15) is 0 Å². The third-order valence-corrected chi connectivity index (χ3v) is 3.81. The van der Waals surface area contributed by atoms with Crippen molar-refractivity contribution in [2.75, 3.05) is 32.9 Å². The molecule has 0 aliphatic carbocycles. The Hall–Kier alpha value is -0.770. The van der Waals surface area contributed by atoms with E-state index in [2.05, 4.69) is 23.9 Å². The fraction of sp³-hybridized carbons (Fsp3) is 0.538. The largest absolute Gasteiger partial charge is 0.399 e. The summed E-state index contributed by atoms with van der Waals surface area (Å²) >= 11 is 6.18. The minimum Gasteiger partial charge on any atom is -0.399 e. The highest BCUT2D eigenvalue weighted by Crippen LogP contribution is 2.23.